The first kappa shape index (κ1) is 15.6. The van der Waals surface area contributed by atoms with Crippen molar-refractivity contribution in [3.63, 3.8) is 0 Å². The number of alkyl halides is 3. The highest BCUT2D eigenvalue weighted by Crippen LogP contribution is 2.23. The van der Waals surface area contributed by atoms with Gasteiger partial charge in [-0.2, -0.15) is 13.2 Å². The van der Waals surface area contributed by atoms with Crippen molar-refractivity contribution in [2.24, 2.45) is 5.92 Å². The second-order valence-electron chi connectivity index (χ2n) is 4.59. The Hall–Kier alpha value is -0.430. The first-order valence-corrected chi connectivity index (χ1v) is 7.05. The second kappa shape index (κ2) is 6.65. The molecule has 1 aliphatic rings. The lowest BCUT2D eigenvalue weighted by atomic mass is 9.93. The van der Waals surface area contributed by atoms with Crippen LogP contribution in [0.15, 0.2) is 0 Å². The number of piperidine rings is 1. The number of nitrogens with zero attached hydrogens (tertiary/aromatic N) is 1. The van der Waals surface area contributed by atoms with Gasteiger partial charge in [0, 0.05) is 19.0 Å². The summed E-state index contributed by atoms with van der Waals surface area (Å²) in [5.74, 6) is -1.37. The van der Waals surface area contributed by atoms with E-state index in [1.165, 1.54) is 0 Å². The molecule has 2 unspecified atom stereocenters. The summed E-state index contributed by atoms with van der Waals surface area (Å²) in [6.45, 7) is 2.70. The summed E-state index contributed by atoms with van der Waals surface area (Å²) in [6, 6.07) is 0. The van der Waals surface area contributed by atoms with Crippen molar-refractivity contribution in [3.8, 4) is 0 Å². The third-order valence-electron chi connectivity index (χ3n) is 2.98. The number of hydrogen-bond donors (Lipinski definition) is 1. The molecule has 0 saturated carbocycles. The molecule has 0 aromatic carbocycles. The van der Waals surface area contributed by atoms with Gasteiger partial charge in [0.25, 0.3) is 0 Å². The molecular formula is C11H18F3NO2S. The van der Waals surface area contributed by atoms with Crippen LogP contribution in [-0.4, -0.2) is 52.8 Å². The van der Waals surface area contributed by atoms with Crippen molar-refractivity contribution >= 4 is 17.7 Å². The summed E-state index contributed by atoms with van der Waals surface area (Å²) in [5, 5.41) is 9.47. The lowest BCUT2D eigenvalue weighted by molar-refractivity contribution is -0.130. The van der Waals surface area contributed by atoms with Crippen LogP contribution in [0, 0.1) is 5.92 Å². The number of carbonyl (C=O) groups is 1. The number of amides is 1. The molecule has 0 bridgehead atoms. The molecule has 0 radical (unpaired) electrons. The molecule has 1 heterocycles. The molecular weight excluding hydrogens is 267 g/mol. The maximum absolute atomic E-state index is 11.9. The Morgan fingerprint density at radius 3 is 2.78 bits per heavy atom. The lowest BCUT2D eigenvalue weighted by Crippen LogP contribution is -2.43. The molecule has 2 atom stereocenters. The highest BCUT2D eigenvalue weighted by atomic mass is 32.2. The van der Waals surface area contributed by atoms with Crippen LogP contribution < -0.4 is 0 Å². The Bertz CT molecular complexity index is 284. The Morgan fingerprint density at radius 1 is 1.56 bits per heavy atom. The number of thioether (sulfide) groups is 1. The molecule has 0 aromatic heterocycles. The Labute approximate surface area is 109 Å². The molecule has 0 spiro atoms. The summed E-state index contributed by atoms with van der Waals surface area (Å²) < 4.78 is 35.8. The monoisotopic (exact) mass is 285 g/mol. The van der Waals surface area contributed by atoms with Crippen LogP contribution >= 0.6 is 11.8 Å². The van der Waals surface area contributed by atoms with Crippen LogP contribution in [-0.2, 0) is 4.79 Å². The summed E-state index contributed by atoms with van der Waals surface area (Å²) in [6.07, 6.45) is -3.05. The lowest BCUT2D eigenvalue weighted by Gasteiger charge is -2.34. The number of halogens is 3. The summed E-state index contributed by atoms with van der Waals surface area (Å²) in [4.78, 5) is 13.3. The fourth-order valence-corrected chi connectivity index (χ4v) is 2.67. The zero-order valence-electron chi connectivity index (χ0n) is 10.2. The van der Waals surface area contributed by atoms with Gasteiger partial charge in [0.05, 0.1) is 17.6 Å². The Kier molecular flexibility index (Phi) is 5.78. The fourth-order valence-electron chi connectivity index (χ4n) is 1.98. The predicted octanol–water partition coefficient (Wildman–Crippen LogP) is 1.90. The topological polar surface area (TPSA) is 40.5 Å². The zero-order valence-corrected chi connectivity index (χ0v) is 11.1. The van der Waals surface area contributed by atoms with E-state index in [1.807, 2.05) is 0 Å². The van der Waals surface area contributed by atoms with E-state index in [2.05, 4.69) is 0 Å². The van der Waals surface area contributed by atoms with E-state index in [0.29, 0.717) is 24.9 Å². The standard InChI is InChI=1S/C11H18F3NO2S/c1-8(16)9-3-2-4-15(5-9)10(17)6-18-7-11(12,13)14/h8-9,16H,2-7H2,1H3. The quantitative estimate of drug-likeness (QED) is 0.857. The Balaban J connectivity index is 2.33. The number of rotatable bonds is 4. The first-order chi connectivity index (χ1) is 8.29. The molecule has 0 aliphatic carbocycles. The molecule has 1 N–H and O–H groups in total. The van der Waals surface area contributed by atoms with E-state index in [9.17, 15) is 23.1 Å². The molecule has 0 aromatic rings. The number of aliphatic hydroxyl groups excluding tert-OH is 1. The molecule has 1 fully saturated rings. The minimum atomic E-state index is -4.23. The van der Waals surface area contributed by atoms with Crippen LogP contribution in [0.3, 0.4) is 0 Å². The SMILES string of the molecule is CC(O)C1CCCN(C(=O)CSCC(F)(F)F)C1. The van der Waals surface area contributed by atoms with E-state index in [0.717, 1.165) is 12.8 Å². The van der Waals surface area contributed by atoms with Gasteiger partial charge in [-0.05, 0) is 19.8 Å². The van der Waals surface area contributed by atoms with Gasteiger partial charge in [0.2, 0.25) is 5.91 Å². The highest BCUT2D eigenvalue weighted by molar-refractivity contribution is 8.00. The normalized spacial score (nSPS) is 22.9. The van der Waals surface area contributed by atoms with Gasteiger partial charge in [-0.1, -0.05) is 0 Å². The van der Waals surface area contributed by atoms with E-state index in [-0.39, 0.29) is 17.6 Å². The van der Waals surface area contributed by atoms with E-state index < -0.39 is 18.0 Å². The Morgan fingerprint density at radius 2 is 2.22 bits per heavy atom. The van der Waals surface area contributed by atoms with E-state index in [4.69, 9.17) is 0 Å². The maximum atomic E-state index is 11.9. The summed E-state index contributed by atoms with van der Waals surface area (Å²) in [5.41, 5.74) is 0. The smallest absolute Gasteiger partial charge is 0.393 e. The zero-order chi connectivity index (χ0) is 13.8. The van der Waals surface area contributed by atoms with Crippen molar-refractivity contribution < 1.29 is 23.1 Å². The number of hydrogen-bond acceptors (Lipinski definition) is 3. The molecule has 7 heteroatoms. The van der Waals surface area contributed by atoms with Crippen LogP contribution in [0.4, 0.5) is 13.2 Å². The predicted molar refractivity (Wildman–Crippen MR) is 64.4 cm³/mol. The van der Waals surface area contributed by atoms with Crippen molar-refractivity contribution in [3.05, 3.63) is 0 Å². The van der Waals surface area contributed by atoms with Gasteiger partial charge in [-0.3, -0.25) is 4.79 Å². The minimum Gasteiger partial charge on any atom is -0.393 e. The summed E-state index contributed by atoms with van der Waals surface area (Å²) >= 11 is 0.593. The minimum absolute atomic E-state index is 0.0373. The van der Waals surface area contributed by atoms with Crippen LogP contribution in [0.2, 0.25) is 0 Å². The van der Waals surface area contributed by atoms with Crippen LogP contribution in [0.1, 0.15) is 19.8 Å². The van der Waals surface area contributed by atoms with Gasteiger partial charge < -0.3 is 10.0 Å². The van der Waals surface area contributed by atoms with Gasteiger partial charge in [-0.15, -0.1) is 11.8 Å². The molecule has 18 heavy (non-hydrogen) atoms. The molecule has 3 nitrogen and oxygen atoms in total. The third kappa shape index (κ3) is 5.48. The van der Waals surface area contributed by atoms with Crippen molar-refractivity contribution in [2.75, 3.05) is 24.6 Å². The van der Waals surface area contributed by atoms with Crippen LogP contribution in [0.25, 0.3) is 0 Å². The maximum Gasteiger partial charge on any atom is 0.397 e. The molecule has 1 saturated heterocycles. The number of likely N-dealkylation sites (tertiary alicyclic amines) is 1. The van der Waals surface area contributed by atoms with E-state index in [1.54, 1.807) is 11.8 Å². The third-order valence-corrected chi connectivity index (χ3v) is 3.97. The number of carbonyl (C=O) groups excluding carboxylic acids is 1. The van der Waals surface area contributed by atoms with Crippen LogP contribution in [0.5, 0.6) is 0 Å². The van der Waals surface area contributed by atoms with Crippen molar-refractivity contribution in [2.45, 2.75) is 32.0 Å². The molecule has 1 aliphatic heterocycles. The van der Waals surface area contributed by atoms with E-state index >= 15 is 0 Å². The molecule has 106 valence electrons. The second-order valence-corrected chi connectivity index (χ2v) is 5.58. The largest absolute Gasteiger partial charge is 0.397 e. The summed E-state index contributed by atoms with van der Waals surface area (Å²) in [7, 11) is 0. The van der Waals surface area contributed by atoms with Gasteiger partial charge in [0.15, 0.2) is 0 Å². The van der Waals surface area contributed by atoms with Gasteiger partial charge >= 0.3 is 6.18 Å². The van der Waals surface area contributed by atoms with Crippen molar-refractivity contribution in [1.29, 1.82) is 0 Å². The average Bonchev–Trinajstić information content (AvgIpc) is 2.27. The molecule has 1 rings (SSSR count). The highest BCUT2D eigenvalue weighted by Gasteiger charge is 2.29. The molecule has 1 amide bonds. The van der Waals surface area contributed by atoms with Gasteiger partial charge in [-0.25, -0.2) is 0 Å². The number of aliphatic hydroxyl groups is 1. The fraction of sp³-hybridized carbons (Fsp3) is 0.909. The van der Waals surface area contributed by atoms with Crippen molar-refractivity contribution in [1.82, 2.24) is 4.90 Å². The average molecular weight is 285 g/mol. The van der Waals surface area contributed by atoms with Gasteiger partial charge in [0.1, 0.15) is 0 Å². The first-order valence-electron chi connectivity index (χ1n) is 5.90.